The van der Waals surface area contributed by atoms with Crippen molar-refractivity contribution in [2.45, 2.75) is 26.8 Å². The van der Waals surface area contributed by atoms with Crippen LogP contribution in [0.4, 0.5) is 0 Å². The molecule has 1 aliphatic heterocycles. The topological polar surface area (TPSA) is 96.2 Å². The molecule has 4 rings (SSSR count). The van der Waals surface area contributed by atoms with Gasteiger partial charge in [-0.15, -0.1) is 0 Å². The van der Waals surface area contributed by atoms with Gasteiger partial charge in [-0.1, -0.05) is 57.1 Å². The lowest BCUT2D eigenvalue weighted by Gasteiger charge is -2.25. The van der Waals surface area contributed by atoms with Crippen LogP contribution in [-0.2, 0) is 19.1 Å². The van der Waals surface area contributed by atoms with E-state index in [0.29, 0.717) is 41.4 Å². The quantitative estimate of drug-likeness (QED) is 0.310. The van der Waals surface area contributed by atoms with Crippen molar-refractivity contribution in [2.75, 3.05) is 19.8 Å². The Balaban J connectivity index is 1.91. The Labute approximate surface area is 249 Å². The van der Waals surface area contributed by atoms with Gasteiger partial charge in [-0.2, -0.15) is 0 Å². The van der Waals surface area contributed by atoms with Gasteiger partial charge in [0.1, 0.15) is 11.8 Å². The van der Waals surface area contributed by atoms with E-state index >= 15 is 0 Å². The lowest BCUT2D eigenvalue weighted by molar-refractivity contribution is -0.145. The van der Waals surface area contributed by atoms with E-state index in [1.165, 1.54) is 15.9 Å². The van der Waals surface area contributed by atoms with Gasteiger partial charge in [0.15, 0.2) is 11.4 Å². The number of rotatable bonds is 8. The molecule has 12 heteroatoms. The van der Waals surface area contributed by atoms with E-state index in [1.54, 1.807) is 63.2 Å². The van der Waals surface area contributed by atoms with Crippen LogP contribution in [0.25, 0.3) is 6.08 Å². The molecular weight excluding hydrogens is 676 g/mol. The molecule has 2 heterocycles. The van der Waals surface area contributed by atoms with Crippen molar-refractivity contribution in [2.24, 2.45) is 4.99 Å². The van der Waals surface area contributed by atoms with Gasteiger partial charge in [-0.3, -0.25) is 9.36 Å². The van der Waals surface area contributed by atoms with Crippen molar-refractivity contribution < 1.29 is 23.8 Å². The van der Waals surface area contributed by atoms with Gasteiger partial charge in [0.2, 0.25) is 0 Å². The maximum absolute atomic E-state index is 13.9. The third-order valence-corrected chi connectivity index (χ3v) is 8.05. The number of fused-ring (bicyclic) bond motifs is 1. The molecule has 0 aliphatic carbocycles. The summed E-state index contributed by atoms with van der Waals surface area (Å²) in [6.45, 7) is 5.23. The Bertz CT molecular complexity index is 1660. The standard InChI is InChI=1S/C27H23Br2ClN2O6S/c1-4-36-21(33)13-38-24-15(10-16(28)12-18(24)29)11-20-25(34)32-23(17-8-6-7-9-19(17)30)22(26(35)37-5-2)14(3)31-27(32)39-20/h6-12,23H,4-5,13H2,1-3H3/b20-11-/t23-/m0/s1. The second-order valence-corrected chi connectivity index (χ2v) is 11.4. The first kappa shape index (κ1) is 29.3. The third-order valence-electron chi connectivity index (χ3n) is 5.68. The van der Waals surface area contributed by atoms with E-state index in [2.05, 4.69) is 36.9 Å². The molecule has 39 heavy (non-hydrogen) atoms. The average molecular weight is 699 g/mol. The molecule has 1 aliphatic rings. The Morgan fingerprint density at radius 2 is 1.87 bits per heavy atom. The monoisotopic (exact) mass is 696 g/mol. The van der Waals surface area contributed by atoms with Crippen molar-refractivity contribution in [3.05, 3.63) is 92.5 Å². The van der Waals surface area contributed by atoms with Gasteiger partial charge >= 0.3 is 11.9 Å². The first-order valence-electron chi connectivity index (χ1n) is 11.9. The summed E-state index contributed by atoms with van der Waals surface area (Å²) in [5, 5.41) is 0.402. The number of esters is 2. The zero-order chi connectivity index (χ0) is 28.3. The van der Waals surface area contributed by atoms with E-state index in [0.717, 1.165) is 4.47 Å². The molecule has 0 saturated heterocycles. The molecule has 0 saturated carbocycles. The second-order valence-electron chi connectivity index (χ2n) is 8.22. The molecule has 1 atom stereocenters. The summed E-state index contributed by atoms with van der Waals surface area (Å²) in [5.41, 5.74) is 1.43. The summed E-state index contributed by atoms with van der Waals surface area (Å²) in [6.07, 6.45) is 1.66. The molecule has 1 aromatic heterocycles. The number of aromatic nitrogens is 1. The van der Waals surface area contributed by atoms with Crippen LogP contribution in [0.5, 0.6) is 5.75 Å². The van der Waals surface area contributed by atoms with Gasteiger partial charge in [0.05, 0.1) is 33.5 Å². The number of thiazole rings is 1. The van der Waals surface area contributed by atoms with E-state index in [9.17, 15) is 14.4 Å². The van der Waals surface area contributed by atoms with Crippen LogP contribution >= 0.6 is 54.8 Å². The molecule has 0 radical (unpaired) electrons. The molecular formula is C27H23Br2ClN2O6S. The lowest BCUT2D eigenvalue weighted by Crippen LogP contribution is -2.40. The number of carbonyl (C=O) groups excluding carboxylic acids is 2. The van der Waals surface area contributed by atoms with Crippen LogP contribution < -0.4 is 19.6 Å². The van der Waals surface area contributed by atoms with Crippen molar-refractivity contribution in [1.82, 2.24) is 4.57 Å². The summed E-state index contributed by atoms with van der Waals surface area (Å²) in [5.74, 6) is -0.717. The van der Waals surface area contributed by atoms with E-state index in [1.807, 2.05) is 0 Å². The maximum atomic E-state index is 13.9. The zero-order valence-corrected chi connectivity index (χ0v) is 25.9. The molecule has 0 unspecified atom stereocenters. The first-order chi connectivity index (χ1) is 18.7. The van der Waals surface area contributed by atoms with Crippen LogP contribution in [0, 0.1) is 0 Å². The summed E-state index contributed by atoms with van der Waals surface area (Å²) >= 11 is 14.7. The van der Waals surface area contributed by atoms with Gasteiger partial charge in [-0.05, 0) is 66.5 Å². The highest BCUT2D eigenvalue weighted by atomic mass is 79.9. The smallest absolute Gasteiger partial charge is 0.344 e. The lowest BCUT2D eigenvalue weighted by atomic mass is 9.96. The number of hydrogen-bond acceptors (Lipinski definition) is 8. The largest absolute Gasteiger partial charge is 0.480 e. The number of benzene rings is 2. The van der Waals surface area contributed by atoms with Crippen LogP contribution in [-0.4, -0.2) is 36.3 Å². The molecule has 0 bridgehead atoms. The van der Waals surface area contributed by atoms with E-state index in [4.69, 9.17) is 25.8 Å². The number of ether oxygens (including phenoxy) is 3. The minimum atomic E-state index is -0.829. The van der Waals surface area contributed by atoms with Gasteiger partial charge in [0.25, 0.3) is 5.56 Å². The molecule has 0 fully saturated rings. The van der Waals surface area contributed by atoms with Gasteiger partial charge < -0.3 is 14.2 Å². The number of nitrogens with zero attached hydrogens (tertiary/aromatic N) is 2. The second kappa shape index (κ2) is 12.6. The summed E-state index contributed by atoms with van der Waals surface area (Å²) in [4.78, 5) is 43.9. The number of halogens is 3. The van der Waals surface area contributed by atoms with Crippen LogP contribution in [0.15, 0.2) is 66.4 Å². The highest BCUT2D eigenvalue weighted by Crippen LogP contribution is 2.35. The number of allylic oxidation sites excluding steroid dienone is 1. The number of hydrogen-bond donors (Lipinski definition) is 0. The fourth-order valence-electron chi connectivity index (χ4n) is 4.10. The van der Waals surface area contributed by atoms with E-state index in [-0.39, 0.29) is 31.0 Å². The highest BCUT2D eigenvalue weighted by molar-refractivity contribution is 9.11. The first-order valence-corrected chi connectivity index (χ1v) is 14.7. The average Bonchev–Trinajstić information content (AvgIpc) is 3.17. The molecule has 3 aromatic rings. The molecule has 0 spiro atoms. The predicted octanol–water partition coefficient (Wildman–Crippen LogP) is 4.92. The van der Waals surface area contributed by atoms with Gasteiger partial charge in [-0.25, -0.2) is 14.6 Å². The van der Waals surface area contributed by atoms with Crippen LogP contribution in [0.1, 0.15) is 37.9 Å². The minimum Gasteiger partial charge on any atom is -0.480 e. The molecule has 8 nitrogen and oxygen atoms in total. The Morgan fingerprint density at radius 1 is 1.15 bits per heavy atom. The highest BCUT2D eigenvalue weighted by Gasteiger charge is 2.34. The van der Waals surface area contributed by atoms with Gasteiger partial charge in [0, 0.05) is 15.1 Å². The molecule has 0 N–H and O–H groups in total. The molecule has 0 amide bonds. The summed E-state index contributed by atoms with van der Waals surface area (Å²) < 4.78 is 19.2. The summed E-state index contributed by atoms with van der Waals surface area (Å²) in [7, 11) is 0. The van der Waals surface area contributed by atoms with E-state index < -0.39 is 18.0 Å². The summed E-state index contributed by atoms with van der Waals surface area (Å²) in [6, 6.07) is 9.76. The normalized spacial score (nSPS) is 15.0. The molecule has 204 valence electrons. The Morgan fingerprint density at radius 3 is 2.56 bits per heavy atom. The van der Waals surface area contributed by atoms with Crippen molar-refractivity contribution >= 4 is 72.8 Å². The Kier molecular flexibility index (Phi) is 9.47. The number of carbonyl (C=O) groups is 2. The van der Waals surface area contributed by atoms with Crippen LogP contribution in [0.2, 0.25) is 5.02 Å². The third kappa shape index (κ3) is 6.21. The Hall–Kier alpha value is -2.73. The van der Waals surface area contributed by atoms with Crippen LogP contribution in [0.3, 0.4) is 0 Å². The van der Waals surface area contributed by atoms with Crippen molar-refractivity contribution in [3.63, 3.8) is 0 Å². The van der Waals surface area contributed by atoms with Crippen molar-refractivity contribution in [3.8, 4) is 5.75 Å². The SMILES string of the molecule is CCOC(=O)COc1c(Br)cc(Br)cc1/C=c1\sc2n(c1=O)[C@@H](c1ccccc1Cl)C(C(=O)OCC)=C(C)N=2. The molecule has 2 aromatic carbocycles. The predicted molar refractivity (Wildman–Crippen MR) is 156 cm³/mol. The minimum absolute atomic E-state index is 0.168. The van der Waals surface area contributed by atoms with Crippen molar-refractivity contribution in [1.29, 1.82) is 0 Å². The fourth-order valence-corrected chi connectivity index (χ4v) is 6.75. The maximum Gasteiger partial charge on any atom is 0.344 e. The zero-order valence-electron chi connectivity index (χ0n) is 21.1. The fraction of sp³-hybridized carbons (Fsp3) is 0.259.